The van der Waals surface area contributed by atoms with E-state index in [1.807, 2.05) is 6.07 Å². The summed E-state index contributed by atoms with van der Waals surface area (Å²) in [5.41, 5.74) is 0.228. The van der Waals surface area contributed by atoms with Gasteiger partial charge in [-0.15, -0.1) is 0 Å². The van der Waals surface area contributed by atoms with E-state index in [9.17, 15) is 13.2 Å². The molecule has 0 radical (unpaired) electrons. The van der Waals surface area contributed by atoms with E-state index < -0.39 is 16.0 Å². The van der Waals surface area contributed by atoms with Crippen molar-refractivity contribution in [1.29, 1.82) is 5.26 Å². The summed E-state index contributed by atoms with van der Waals surface area (Å²) in [5, 5.41) is 15.3. The van der Waals surface area contributed by atoms with Gasteiger partial charge in [-0.05, 0) is 6.92 Å². The van der Waals surface area contributed by atoms with E-state index in [1.54, 1.807) is 6.92 Å². The number of hydrogen-bond donors (Lipinski definition) is 1. The second-order valence-corrected chi connectivity index (χ2v) is 5.27. The Hall–Kier alpha value is -1.92. The third-order valence-electron chi connectivity index (χ3n) is 2.11. The fourth-order valence-electron chi connectivity index (χ4n) is 1.40. The molecule has 0 saturated carbocycles. The molecule has 1 rings (SSSR count). The van der Waals surface area contributed by atoms with Crippen LogP contribution < -0.4 is 5.32 Å². The number of rotatable bonds is 6. The van der Waals surface area contributed by atoms with Crippen LogP contribution in [0.15, 0.2) is 6.20 Å². The van der Waals surface area contributed by atoms with Crippen LogP contribution in [0.2, 0.25) is 0 Å². The number of nitriles is 1. The van der Waals surface area contributed by atoms with E-state index in [4.69, 9.17) is 5.26 Å². The van der Waals surface area contributed by atoms with E-state index in [-0.39, 0.29) is 24.4 Å². The van der Waals surface area contributed by atoms with Gasteiger partial charge in [-0.25, -0.2) is 0 Å². The Bertz CT molecular complexity index is 600. The molecule has 0 atom stereocenters. The van der Waals surface area contributed by atoms with Gasteiger partial charge in [0, 0.05) is 6.54 Å². The van der Waals surface area contributed by atoms with E-state index in [2.05, 4.69) is 14.6 Å². The van der Waals surface area contributed by atoms with Gasteiger partial charge in [0.1, 0.15) is 17.3 Å². The minimum absolute atomic E-state index is 0.0568. The highest BCUT2D eigenvalue weighted by Gasteiger charge is 2.18. The molecule has 1 amide bonds. The lowest BCUT2D eigenvalue weighted by atomic mass is 10.2. The van der Waals surface area contributed by atoms with E-state index in [0.29, 0.717) is 6.54 Å². The number of carbonyl (C=O) groups excluding carboxylic acids is 1. The smallest absolute Gasteiger partial charge is 0.270 e. The predicted octanol–water partition coefficient (Wildman–Crippen LogP) is -0.519. The summed E-state index contributed by atoms with van der Waals surface area (Å²) in [6, 6.07) is 1.86. The number of nitrogens with zero attached hydrogens (tertiary/aromatic N) is 3. The zero-order valence-corrected chi connectivity index (χ0v) is 11.4. The number of carbonyl (C=O) groups is 1. The third kappa shape index (κ3) is 4.35. The summed E-state index contributed by atoms with van der Waals surface area (Å²) < 4.78 is 27.5. The molecule has 104 valence electrons. The summed E-state index contributed by atoms with van der Waals surface area (Å²) in [6.45, 7) is 2.06. The standard InChI is InChI=1S/C10H14N4O4S/c1-3-12-10(15)9-8(6-11)7-13-14(9)4-5-18-19(2,16)17/h7H,3-5H2,1-2H3,(H,12,15). The normalized spacial score (nSPS) is 11.0. The van der Waals surface area contributed by atoms with Crippen molar-refractivity contribution >= 4 is 16.0 Å². The molecule has 0 spiro atoms. The van der Waals surface area contributed by atoms with Gasteiger partial charge in [0.05, 0.1) is 25.6 Å². The zero-order chi connectivity index (χ0) is 14.5. The average Bonchev–Trinajstić information content (AvgIpc) is 2.70. The van der Waals surface area contributed by atoms with Gasteiger partial charge in [0.25, 0.3) is 16.0 Å². The summed E-state index contributed by atoms with van der Waals surface area (Å²) in [7, 11) is -3.54. The minimum Gasteiger partial charge on any atom is -0.351 e. The van der Waals surface area contributed by atoms with Crippen molar-refractivity contribution in [3.05, 3.63) is 17.5 Å². The summed E-state index contributed by atoms with van der Waals surface area (Å²) in [5.74, 6) is -0.434. The summed E-state index contributed by atoms with van der Waals surface area (Å²) in [4.78, 5) is 11.8. The fourth-order valence-corrected chi connectivity index (χ4v) is 1.77. The van der Waals surface area contributed by atoms with E-state index in [1.165, 1.54) is 10.9 Å². The lowest BCUT2D eigenvalue weighted by Gasteiger charge is -2.07. The van der Waals surface area contributed by atoms with Crippen LogP contribution in [-0.2, 0) is 20.8 Å². The Balaban J connectivity index is 2.87. The molecule has 0 aliphatic rings. The molecule has 1 aromatic heterocycles. The number of amides is 1. The summed E-state index contributed by atoms with van der Waals surface area (Å²) in [6.07, 6.45) is 2.19. The maximum absolute atomic E-state index is 11.8. The van der Waals surface area contributed by atoms with Crippen molar-refractivity contribution in [2.45, 2.75) is 13.5 Å². The highest BCUT2D eigenvalue weighted by Crippen LogP contribution is 2.07. The molecule has 1 heterocycles. The maximum atomic E-state index is 11.8. The van der Waals surface area contributed by atoms with Gasteiger partial charge >= 0.3 is 0 Å². The Morgan fingerprint density at radius 3 is 2.84 bits per heavy atom. The fraction of sp³-hybridized carbons (Fsp3) is 0.500. The lowest BCUT2D eigenvalue weighted by Crippen LogP contribution is -2.27. The first-order chi connectivity index (χ1) is 8.89. The van der Waals surface area contributed by atoms with Crippen LogP contribution in [-0.4, -0.2) is 43.5 Å². The van der Waals surface area contributed by atoms with Crippen molar-refractivity contribution in [3.8, 4) is 6.07 Å². The largest absolute Gasteiger partial charge is 0.351 e. The van der Waals surface area contributed by atoms with Gasteiger partial charge in [0.15, 0.2) is 0 Å². The maximum Gasteiger partial charge on any atom is 0.270 e. The second kappa shape index (κ2) is 6.31. The molecule has 0 aliphatic heterocycles. The monoisotopic (exact) mass is 286 g/mol. The van der Waals surface area contributed by atoms with Gasteiger partial charge in [-0.3, -0.25) is 13.7 Å². The molecule has 9 heteroatoms. The molecule has 19 heavy (non-hydrogen) atoms. The molecule has 8 nitrogen and oxygen atoms in total. The highest BCUT2D eigenvalue weighted by atomic mass is 32.2. The molecule has 0 bridgehead atoms. The van der Waals surface area contributed by atoms with Crippen LogP contribution in [0.1, 0.15) is 23.0 Å². The van der Waals surface area contributed by atoms with E-state index >= 15 is 0 Å². The first kappa shape index (κ1) is 15.1. The lowest BCUT2D eigenvalue weighted by molar-refractivity contribution is 0.0943. The molecule has 1 N–H and O–H groups in total. The number of aromatic nitrogens is 2. The van der Waals surface area contributed by atoms with Crippen LogP contribution in [0.4, 0.5) is 0 Å². The van der Waals surface area contributed by atoms with E-state index in [0.717, 1.165) is 6.26 Å². The average molecular weight is 286 g/mol. The Morgan fingerprint density at radius 1 is 1.63 bits per heavy atom. The van der Waals surface area contributed by atoms with Crippen LogP contribution >= 0.6 is 0 Å². The van der Waals surface area contributed by atoms with Gasteiger partial charge in [-0.2, -0.15) is 18.8 Å². The Kier molecular flexibility index (Phi) is 5.02. The first-order valence-corrected chi connectivity index (χ1v) is 7.29. The molecular formula is C10H14N4O4S. The molecule has 0 fully saturated rings. The van der Waals surface area contributed by atoms with Gasteiger partial charge < -0.3 is 5.32 Å². The molecule has 0 aromatic carbocycles. The molecule has 1 aromatic rings. The molecule has 0 unspecified atom stereocenters. The van der Waals surface area contributed by atoms with Gasteiger partial charge in [-0.1, -0.05) is 0 Å². The van der Waals surface area contributed by atoms with Gasteiger partial charge in [0.2, 0.25) is 0 Å². The Labute approximate surface area is 111 Å². The second-order valence-electron chi connectivity index (χ2n) is 3.63. The molecule has 0 saturated heterocycles. The molecular weight excluding hydrogens is 272 g/mol. The topological polar surface area (TPSA) is 114 Å². The quantitative estimate of drug-likeness (QED) is 0.704. The molecule has 0 aliphatic carbocycles. The van der Waals surface area contributed by atoms with Crippen LogP contribution in [0, 0.1) is 11.3 Å². The van der Waals surface area contributed by atoms with Crippen LogP contribution in [0.3, 0.4) is 0 Å². The SMILES string of the molecule is CCNC(=O)c1c(C#N)cnn1CCOS(C)(=O)=O. The zero-order valence-electron chi connectivity index (χ0n) is 10.6. The van der Waals surface area contributed by atoms with Crippen molar-refractivity contribution in [2.24, 2.45) is 0 Å². The number of hydrogen-bond acceptors (Lipinski definition) is 6. The predicted molar refractivity (Wildman–Crippen MR) is 65.7 cm³/mol. The summed E-state index contributed by atoms with van der Waals surface area (Å²) >= 11 is 0. The van der Waals surface area contributed by atoms with Crippen molar-refractivity contribution < 1.29 is 17.4 Å². The number of nitrogens with one attached hydrogen (secondary N) is 1. The van der Waals surface area contributed by atoms with Crippen LogP contribution in [0.25, 0.3) is 0 Å². The third-order valence-corrected chi connectivity index (χ3v) is 2.71. The first-order valence-electron chi connectivity index (χ1n) is 5.47. The Morgan fingerprint density at radius 2 is 2.32 bits per heavy atom. The highest BCUT2D eigenvalue weighted by molar-refractivity contribution is 7.85. The van der Waals surface area contributed by atoms with Crippen molar-refractivity contribution in [2.75, 3.05) is 19.4 Å². The van der Waals surface area contributed by atoms with Crippen molar-refractivity contribution in [1.82, 2.24) is 15.1 Å². The van der Waals surface area contributed by atoms with Crippen molar-refractivity contribution in [3.63, 3.8) is 0 Å². The minimum atomic E-state index is -3.54. The van der Waals surface area contributed by atoms with Crippen LogP contribution in [0.5, 0.6) is 0 Å².